The fourth-order valence-corrected chi connectivity index (χ4v) is 4.02. The molecule has 7 heteroatoms. The van der Waals surface area contributed by atoms with E-state index in [2.05, 4.69) is 0 Å². The summed E-state index contributed by atoms with van der Waals surface area (Å²) in [6.07, 6.45) is 1.25. The number of hydrogen-bond donors (Lipinski definition) is 0. The summed E-state index contributed by atoms with van der Waals surface area (Å²) in [4.78, 5) is 13.7. The first-order chi connectivity index (χ1) is 13.7. The molecule has 0 bridgehead atoms. The maximum Gasteiger partial charge on any atom is 0.269 e. The minimum Gasteiger partial charge on any atom is -0.333 e. The van der Waals surface area contributed by atoms with Crippen molar-refractivity contribution in [1.82, 2.24) is 4.90 Å². The number of benzene rings is 2. The summed E-state index contributed by atoms with van der Waals surface area (Å²) >= 11 is 0. The molecular formula is C22H20F5NO. The number of amides is 1. The molecule has 1 aliphatic carbocycles. The number of likely N-dealkylation sites (tertiary alicyclic amines) is 1. The van der Waals surface area contributed by atoms with Gasteiger partial charge in [-0.3, -0.25) is 4.79 Å². The minimum absolute atomic E-state index is 0.0920. The van der Waals surface area contributed by atoms with Gasteiger partial charge in [-0.1, -0.05) is 37.3 Å². The van der Waals surface area contributed by atoms with Gasteiger partial charge in [-0.05, 0) is 30.9 Å². The van der Waals surface area contributed by atoms with Crippen molar-refractivity contribution in [3.05, 3.63) is 59.4 Å². The van der Waals surface area contributed by atoms with Crippen LogP contribution >= 0.6 is 0 Å². The van der Waals surface area contributed by atoms with Crippen molar-refractivity contribution in [2.24, 2.45) is 11.8 Å². The summed E-state index contributed by atoms with van der Waals surface area (Å²) in [5.74, 6) is -7.80. The highest BCUT2D eigenvalue weighted by molar-refractivity contribution is 5.82. The molecule has 0 unspecified atom stereocenters. The van der Waals surface area contributed by atoms with Gasteiger partial charge in [0.1, 0.15) is 5.82 Å². The molecule has 0 radical (unpaired) electrons. The predicted molar refractivity (Wildman–Crippen MR) is 97.8 cm³/mol. The molecule has 2 fully saturated rings. The van der Waals surface area contributed by atoms with Gasteiger partial charge < -0.3 is 4.90 Å². The van der Waals surface area contributed by atoms with Crippen LogP contribution in [0.15, 0.2) is 36.4 Å². The lowest BCUT2D eigenvalue weighted by Crippen LogP contribution is -2.40. The number of carbonyl (C=O) groups is 1. The molecule has 154 valence electrons. The third kappa shape index (κ3) is 3.51. The Morgan fingerprint density at radius 2 is 1.66 bits per heavy atom. The molecule has 1 aliphatic heterocycles. The van der Waals surface area contributed by atoms with Gasteiger partial charge in [0.25, 0.3) is 5.92 Å². The molecule has 4 rings (SSSR count). The van der Waals surface area contributed by atoms with Crippen molar-refractivity contribution in [3.8, 4) is 11.1 Å². The quantitative estimate of drug-likeness (QED) is 0.636. The second kappa shape index (κ2) is 7.11. The molecule has 2 aliphatic rings. The molecule has 2 nitrogen and oxygen atoms in total. The van der Waals surface area contributed by atoms with Crippen LogP contribution in [0.4, 0.5) is 22.0 Å². The molecule has 0 aromatic heterocycles. The van der Waals surface area contributed by atoms with E-state index in [1.807, 2.05) is 0 Å². The molecule has 1 amide bonds. The zero-order chi connectivity index (χ0) is 20.9. The Morgan fingerprint density at radius 1 is 1.03 bits per heavy atom. The van der Waals surface area contributed by atoms with Crippen LogP contribution in [0.1, 0.15) is 25.3 Å². The van der Waals surface area contributed by atoms with Crippen molar-refractivity contribution < 1.29 is 26.7 Å². The monoisotopic (exact) mass is 409 g/mol. The summed E-state index contributed by atoms with van der Waals surface area (Å²) in [5.41, 5.74) is -0.286. The van der Waals surface area contributed by atoms with Crippen LogP contribution in [0, 0.1) is 29.3 Å². The number of hydrogen-bond acceptors (Lipinski definition) is 1. The highest BCUT2D eigenvalue weighted by Gasteiger charge is 2.54. The Morgan fingerprint density at radius 3 is 2.31 bits per heavy atom. The van der Waals surface area contributed by atoms with E-state index < -0.39 is 41.9 Å². The number of nitrogens with zero attached hydrogens (tertiary/aromatic N) is 1. The maximum atomic E-state index is 15.2. The normalized spacial score (nSPS) is 23.4. The molecule has 0 N–H and O–H groups in total. The van der Waals surface area contributed by atoms with Gasteiger partial charge in [-0.25, -0.2) is 22.0 Å². The fourth-order valence-electron chi connectivity index (χ4n) is 4.02. The molecule has 29 heavy (non-hydrogen) atoms. The van der Waals surface area contributed by atoms with Crippen LogP contribution in [-0.2, 0) is 11.2 Å². The lowest BCUT2D eigenvalue weighted by Gasteiger charge is -2.27. The topological polar surface area (TPSA) is 20.3 Å². The standard InChI is InChI=1S/C22H20F5NO/c1-12-18(28(11-22(12,26)27)21(29)13-8-9-13)10-14-4-2-5-15(19(14)24)16-6-3-7-17(23)20(16)25/h2-7,12-13,18H,8-11H2,1H3/t12-,18+/m1/s1. The van der Waals surface area contributed by atoms with Crippen molar-refractivity contribution in [1.29, 1.82) is 0 Å². The highest BCUT2D eigenvalue weighted by Crippen LogP contribution is 2.43. The molecular weight excluding hydrogens is 389 g/mol. The number of carbonyl (C=O) groups excluding carboxylic acids is 1. The van der Waals surface area contributed by atoms with Crippen LogP contribution in [0.25, 0.3) is 11.1 Å². The van der Waals surface area contributed by atoms with Crippen molar-refractivity contribution in [3.63, 3.8) is 0 Å². The van der Waals surface area contributed by atoms with Gasteiger partial charge in [0.2, 0.25) is 5.91 Å². The van der Waals surface area contributed by atoms with Gasteiger partial charge in [-0.15, -0.1) is 0 Å². The van der Waals surface area contributed by atoms with E-state index in [0.29, 0.717) is 12.8 Å². The summed E-state index contributed by atoms with van der Waals surface area (Å²) in [5, 5.41) is 0. The Hall–Kier alpha value is -2.44. The van der Waals surface area contributed by atoms with E-state index in [1.54, 1.807) is 0 Å². The van der Waals surface area contributed by atoms with Gasteiger partial charge in [0.15, 0.2) is 11.6 Å². The third-order valence-corrected chi connectivity index (χ3v) is 5.98. The molecule has 0 spiro atoms. The Bertz CT molecular complexity index is 956. The molecule has 1 heterocycles. The smallest absolute Gasteiger partial charge is 0.269 e. The molecule has 2 aromatic rings. The van der Waals surface area contributed by atoms with Crippen molar-refractivity contribution in [2.45, 2.75) is 38.2 Å². The average Bonchev–Trinajstić information content (AvgIpc) is 3.49. The first kappa shape index (κ1) is 19.9. The zero-order valence-electron chi connectivity index (χ0n) is 15.8. The third-order valence-electron chi connectivity index (χ3n) is 5.98. The minimum atomic E-state index is -3.06. The Balaban J connectivity index is 1.68. The molecule has 2 aromatic carbocycles. The molecule has 2 atom stereocenters. The van der Waals surface area contributed by atoms with E-state index in [0.717, 1.165) is 6.07 Å². The summed E-state index contributed by atoms with van der Waals surface area (Å²) in [6.45, 7) is 0.687. The van der Waals surface area contributed by atoms with Crippen LogP contribution < -0.4 is 0 Å². The Kier molecular flexibility index (Phi) is 4.87. The van der Waals surface area contributed by atoms with E-state index in [1.165, 1.54) is 42.2 Å². The first-order valence-corrected chi connectivity index (χ1v) is 9.60. The number of alkyl halides is 2. The van der Waals surface area contributed by atoms with E-state index in [-0.39, 0.29) is 34.9 Å². The van der Waals surface area contributed by atoms with Crippen LogP contribution in [-0.4, -0.2) is 29.3 Å². The van der Waals surface area contributed by atoms with E-state index in [4.69, 9.17) is 0 Å². The van der Waals surface area contributed by atoms with Gasteiger partial charge in [0, 0.05) is 29.0 Å². The predicted octanol–water partition coefficient (Wildman–Crippen LogP) is 5.21. The summed E-state index contributed by atoms with van der Waals surface area (Å²) in [6, 6.07) is 6.83. The number of rotatable bonds is 4. The molecule has 1 saturated carbocycles. The van der Waals surface area contributed by atoms with Crippen molar-refractivity contribution in [2.75, 3.05) is 6.54 Å². The van der Waals surface area contributed by atoms with E-state index >= 15 is 4.39 Å². The highest BCUT2D eigenvalue weighted by atomic mass is 19.3. The zero-order valence-corrected chi connectivity index (χ0v) is 15.8. The van der Waals surface area contributed by atoms with E-state index in [9.17, 15) is 22.4 Å². The lowest BCUT2D eigenvalue weighted by atomic mass is 9.91. The van der Waals surface area contributed by atoms with Gasteiger partial charge >= 0.3 is 0 Å². The summed E-state index contributed by atoms with van der Waals surface area (Å²) < 4.78 is 71.6. The fraction of sp³-hybridized carbons (Fsp3) is 0.409. The second-order valence-electron chi connectivity index (χ2n) is 7.94. The van der Waals surface area contributed by atoms with Gasteiger partial charge in [-0.2, -0.15) is 0 Å². The Labute approximate surface area is 165 Å². The number of halogens is 5. The molecule has 1 saturated heterocycles. The second-order valence-corrected chi connectivity index (χ2v) is 7.94. The van der Waals surface area contributed by atoms with Crippen LogP contribution in [0.5, 0.6) is 0 Å². The largest absolute Gasteiger partial charge is 0.333 e. The lowest BCUT2D eigenvalue weighted by molar-refractivity contribution is -0.134. The van der Waals surface area contributed by atoms with Gasteiger partial charge in [0.05, 0.1) is 6.54 Å². The van der Waals surface area contributed by atoms with Crippen LogP contribution in [0.3, 0.4) is 0 Å². The first-order valence-electron chi connectivity index (χ1n) is 9.60. The maximum absolute atomic E-state index is 15.2. The average molecular weight is 409 g/mol. The van der Waals surface area contributed by atoms with Crippen LogP contribution in [0.2, 0.25) is 0 Å². The SMILES string of the molecule is C[C@@H]1[C@H](Cc2cccc(-c3cccc(F)c3F)c2F)N(C(=O)C2CC2)CC1(F)F. The van der Waals surface area contributed by atoms with Crippen molar-refractivity contribution >= 4 is 5.91 Å². The summed E-state index contributed by atoms with van der Waals surface area (Å²) in [7, 11) is 0.